The van der Waals surface area contributed by atoms with Gasteiger partial charge in [0.15, 0.2) is 0 Å². The number of para-hydroxylation sites is 1. The van der Waals surface area contributed by atoms with Crippen LogP contribution in [0.3, 0.4) is 0 Å². The minimum absolute atomic E-state index is 0.111. The Morgan fingerprint density at radius 1 is 0.425 bits per heavy atom. The van der Waals surface area contributed by atoms with E-state index in [2.05, 4.69) is 158 Å². The number of nitrogens with zero attached hydrogens (tertiary/aromatic N) is 1. The Bertz CT molecular complexity index is 2040. The summed E-state index contributed by atoms with van der Waals surface area (Å²) in [6.45, 7) is 4.74. The van der Waals surface area contributed by atoms with Gasteiger partial charge in [0.1, 0.15) is 0 Å². The molecule has 1 aliphatic heterocycles. The molecule has 1 aliphatic rings. The van der Waals surface area contributed by atoms with Crippen LogP contribution in [0.4, 0.5) is 0 Å². The van der Waals surface area contributed by atoms with Gasteiger partial charge in [-0.15, -0.1) is 0 Å². The van der Waals surface area contributed by atoms with Gasteiger partial charge in [0.25, 0.3) is 0 Å². The van der Waals surface area contributed by atoms with Gasteiger partial charge < -0.3 is 4.57 Å². The molecule has 0 fully saturated rings. The van der Waals surface area contributed by atoms with Gasteiger partial charge >= 0.3 is 0 Å². The van der Waals surface area contributed by atoms with E-state index >= 15 is 0 Å². The van der Waals surface area contributed by atoms with Crippen LogP contribution in [-0.4, -0.2) is 4.57 Å². The average molecular weight is 512 g/mol. The molecule has 0 amide bonds. The normalized spacial score (nSPS) is 13.4. The maximum atomic E-state index is 2.50. The van der Waals surface area contributed by atoms with E-state index in [4.69, 9.17) is 0 Å². The molecule has 0 spiro atoms. The van der Waals surface area contributed by atoms with E-state index in [9.17, 15) is 0 Å². The molecule has 0 bridgehead atoms. The van der Waals surface area contributed by atoms with Gasteiger partial charge in [-0.2, -0.15) is 0 Å². The summed E-state index contributed by atoms with van der Waals surface area (Å²) in [6.07, 6.45) is 0. The monoisotopic (exact) mass is 511 g/mol. The molecule has 0 unspecified atom stereocenters. The van der Waals surface area contributed by atoms with E-state index in [-0.39, 0.29) is 5.41 Å². The van der Waals surface area contributed by atoms with Crippen LogP contribution in [0.1, 0.15) is 25.0 Å². The first-order valence-corrected chi connectivity index (χ1v) is 14.0. The molecule has 0 radical (unpaired) electrons. The Labute approximate surface area is 235 Å². The fraction of sp³-hybridized carbons (Fsp3) is 0.0769. The van der Waals surface area contributed by atoms with E-state index in [1.165, 1.54) is 72.0 Å². The zero-order valence-corrected chi connectivity index (χ0v) is 22.7. The lowest BCUT2D eigenvalue weighted by Crippen LogP contribution is -2.26. The first kappa shape index (κ1) is 23.0. The summed E-state index contributed by atoms with van der Waals surface area (Å²) in [7, 11) is 0. The van der Waals surface area contributed by atoms with Crippen molar-refractivity contribution in [3.05, 3.63) is 151 Å². The van der Waals surface area contributed by atoms with Crippen molar-refractivity contribution in [3.8, 4) is 39.1 Å². The van der Waals surface area contributed by atoms with Crippen molar-refractivity contribution < 1.29 is 0 Å². The summed E-state index contributed by atoms with van der Waals surface area (Å²) in [4.78, 5) is 0. The lowest BCUT2D eigenvalue weighted by atomic mass is 9.74. The largest absolute Gasteiger partial charge is 0.309 e. The number of hydrogen-bond acceptors (Lipinski definition) is 0. The van der Waals surface area contributed by atoms with E-state index < -0.39 is 0 Å². The Balaban J connectivity index is 1.39. The van der Waals surface area contributed by atoms with Crippen LogP contribution < -0.4 is 0 Å². The molecule has 1 heteroatoms. The Morgan fingerprint density at radius 3 is 1.65 bits per heavy atom. The van der Waals surface area contributed by atoms with E-state index in [1.807, 2.05) is 0 Å². The molecule has 0 saturated heterocycles. The molecule has 2 heterocycles. The fourth-order valence-electron chi connectivity index (χ4n) is 6.68. The lowest BCUT2D eigenvalue weighted by Gasteiger charge is -2.35. The molecule has 1 nitrogen and oxygen atoms in total. The first-order chi connectivity index (χ1) is 19.6. The number of aromatic nitrogens is 1. The number of hydrogen-bond donors (Lipinski definition) is 0. The van der Waals surface area contributed by atoms with Crippen LogP contribution in [0.15, 0.2) is 140 Å². The second-order valence-corrected chi connectivity index (χ2v) is 11.4. The highest BCUT2D eigenvalue weighted by atomic mass is 15.0. The molecule has 40 heavy (non-hydrogen) atoms. The zero-order chi connectivity index (χ0) is 26.8. The van der Waals surface area contributed by atoms with Gasteiger partial charge in [0, 0.05) is 16.2 Å². The molecule has 0 saturated carbocycles. The molecule has 0 atom stereocenters. The summed E-state index contributed by atoms with van der Waals surface area (Å²) in [5, 5.41) is 2.61. The highest BCUT2D eigenvalue weighted by molar-refractivity contribution is 6.14. The second-order valence-electron chi connectivity index (χ2n) is 11.4. The number of rotatable bonds is 3. The molecular weight excluding hydrogens is 482 g/mol. The van der Waals surface area contributed by atoms with Crippen molar-refractivity contribution in [1.82, 2.24) is 4.57 Å². The van der Waals surface area contributed by atoms with Crippen molar-refractivity contribution in [2.75, 3.05) is 0 Å². The molecule has 1 aromatic heterocycles. The maximum absolute atomic E-state index is 2.50. The van der Waals surface area contributed by atoms with Gasteiger partial charge in [-0.1, -0.05) is 123 Å². The summed E-state index contributed by atoms with van der Waals surface area (Å²) in [5.74, 6) is 0. The molecule has 190 valence electrons. The van der Waals surface area contributed by atoms with Gasteiger partial charge in [-0.05, 0) is 74.8 Å². The predicted octanol–water partition coefficient (Wildman–Crippen LogP) is 10.4. The summed E-state index contributed by atoms with van der Waals surface area (Å²) in [5.41, 5.74) is 14.0. The third-order valence-corrected chi connectivity index (χ3v) is 8.79. The SMILES string of the molecule is CC1(C)c2ccccc2-n2c3ccc(-c4ccc(-c5ccccc5)cc4)cc3c3cc(-c4ccccc4)cc1c32. The van der Waals surface area contributed by atoms with Gasteiger partial charge in [0.2, 0.25) is 0 Å². The van der Waals surface area contributed by atoms with Crippen molar-refractivity contribution in [2.45, 2.75) is 19.3 Å². The van der Waals surface area contributed by atoms with Crippen LogP contribution in [0.5, 0.6) is 0 Å². The van der Waals surface area contributed by atoms with Crippen LogP contribution in [0.25, 0.3) is 60.9 Å². The zero-order valence-electron chi connectivity index (χ0n) is 22.7. The lowest BCUT2D eigenvalue weighted by molar-refractivity contribution is 0.630. The van der Waals surface area contributed by atoms with Crippen molar-refractivity contribution in [1.29, 1.82) is 0 Å². The van der Waals surface area contributed by atoms with E-state index in [0.717, 1.165) is 0 Å². The Morgan fingerprint density at radius 2 is 0.950 bits per heavy atom. The quantitative estimate of drug-likeness (QED) is 0.222. The third-order valence-electron chi connectivity index (χ3n) is 8.79. The van der Waals surface area contributed by atoms with Crippen LogP contribution in [0, 0.1) is 0 Å². The highest BCUT2D eigenvalue weighted by Gasteiger charge is 2.35. The van der Waals surface area contributed by atoms with E-state index in [0.29, 0.717) is 0 Å². The second kappa shape index (κ2) is 8.56. The van der Waals surface area contributed by atoms with Crippen LogP contribution in [-0.2, 0) is 5.41 Å². The van der Waals surface area contributed by atoms with Gasteiger partial charge in [0.05, 0.1) is 16.7 Å². The Kier molecular flexibility index (Phi) is 4.93. The maximum Gasteiger partial charge on any atom is 0.0582 e. The van der Waals surface area contributed by atoms with Crippen molar-refractivity contribution >= 4 is 21.8 Å². The summed E-state index contributed by atoms with van der Waals surface area (Å²) in [6, 6.07) is 51.1. The summed E-state index contributed by atoms with van der Waals surface area (Å²) < 4.78 is 2.50. The van der Waals surface area contributed by atoms with Crippen molar-refractivity contribution in [2.24, 2.45) is 0 Å². The number of benzene rings is 6. The minimum atomic E-state index is -0.111. The summed E-state index contributed by atoms with van der Waals surface area (Å²) >= 11 is 0. The molecule has 8 rings (SSSR count). The number of fused-ring (bicyclic) bond motifs is 5. The van der Waals surface area contributed by atoms with Crippen LogP contribution in [0.2, 0.25) is 0 Å². The Hall–Kier alpha value is -4.88. The minimum Gasteiger partial charge on any atom is -0.309 e. The predicted molar refractivity (Wildman–Crippen MR) is 169 cm³/mol. The fourth-order valence-corrected chi connectivity index (χ4v) is 6.68. The average Bonchev–Trinajstić information content (AvgIpc) is 3.35. The third kappa shape index (κ3) is 3.34. The molecular formula is C39H29N. The van der Waals surface area contributed by atoms with Gasteiger partial charge in [-0.25, -0.2) is 0 Å². The van der Waals surface area contributed by atoms with Gasteiger partial charge in [-0.3, -0.25) is 0 Å². The smallest absolute Gasteiger partial charge is 0.0582 e. The first-order valence-electron chi connectivity index (χ1n) is 14.0. The van der Waals surface area contributed by atoms with Crippen molar-refractivity contribution in [3.63, 3.8) is 0 Å². The molecule has 0 N–H and O–H groups in total. The molecule has 6 aromatic carbocycles. The highest BCUT2D eigenvalue weighted by Crippen LogP contribution is 2.49. The molecule has 7 aromatic rings. The molecule has 0 aliphatic carbocycles. The topological polar surface area (TPSA) is 4.93 Å². The van der Waals surface area contributed by atoms with E-state index in [1.54, 1.807) is 0 Å². The van der Waals surface area contributed by atoms with Crippen LogP contribution >= 0.6 is 0 Å². The standard InChI is InChI=1S/C39H29N/c1-39(2)34-15-9-10-16-37(34)40-36-22-21-30(29-19-17-28(18-20-29)26-11-5-3-6-12-26)23-32(36)33-24-31(25-35(39)38(33)40)27-13-7-4-8-14-27/h3-25H,1-2H3.